The van der Waals surface area contributed by atoms with Gasteiger partial charge in [-0.2, -0.15) is 5.10 Å². The highest BCUT2D eigenvalue weighted by molar-refractivity contribution is 6.02. The van der Waals surface area contributed by atoms with Crippen molar-refractivity contribution in [3.8, 4) is 22.7 Å². The van der Waals surface area contributed by atoms with Gasteiger partial charge in [-0.05, 0) is 48.2 Å². The molecule has 1 aliphatic rings. The first-order chi connectivity index (χ1) is 18.6. The Kier molecular flexibility index (Phi) is 6.24. The minimum atomic E-state index is -0.412. The number of ether oxygens (including phenoxy) is 1. The summed E-state index contributed by atoms with van der Waals surface area (Å²) in [7, 11) is 1.55. The van der Waals surface area contributed by atoms with E-state index < -0.39 is 5.82 Å². The summed E-state index contributed by atoms with van der Waals surface area (Å²) in [5.74, 6) is 0.917. The molecule has 6 rings (SSSR count). The smallest absolute Gasteiger partial charge is 0.272 e. The van der Waals surface area contributed by atoms with Crippen LogP contribution >= 0.6 is 0 Å². The Morgan fingerprint density at radius 3 is 2.79 bits per heavy atom. The molecule has 5 aromatic rings. The van der Waals surface area contributed by atoms with E-state index in [-0.39, 0.29) is 18.1 Å². The average molecular weight is 513 g/mol. The van der Waals surface area contributed by atoms with Crippen LogP contribution in [0.2, 0.25) is 0 Å². The number of aromatic amines is 1. The highest BCUT2D eigenvalue weighted by Gasteiger charge is 2.23. The average Bonchev–Trinajstić information content (AvgIpc) is 3.72. The number of hydrogen-bond donors (Lipinski definition) is 2. The summed E-state index contributed by atoms with van der Waals surface area (Å²) >= 11 is 0. The predicted octanol–water partition coefficient (Wildman–Crippen LogP) is 4.34. The van der Waals surface area contributed by atoms with E-state index in [4.69, 9.17) is 4.74 Å². The zero-order valence-electron chi connectivity index (χ0n) is 20.7. The monoisotopic (exact) mass is 512 g/mol. The zero-order chi connectivity index (χ0) is 26.1. The van der Waals surface area contributed by atoms with Gasteiger partial charge in [-0.15, -0.1) is 0 Å². The molecule has 4 heterocycles. The van der Waals surface area contributed by atoms with Gasteiger partial charge in [0, 0.05) is 30.3 Å². The van der Waals surface area contributed by atoms with Crippen LogP contribution in [0.25, 0.3) is 28.0 Å². The van der Waals surface area contributed by atoms with Crippen molar-refractivity contribution in [3.63, 3.8) is 0 Å². The highest BCUT2D eigenvalue weighted by atomic mass is 19.1. The molecule has 38 heavy (non-hydrogen) atoms. The molecule has 2 N–H and O–H groups in total. The van der Waals surface area contributed by atoms with E-state index in [0.29, 0.717) is 34.1 Å². The van der Waals surface area contributed by atoms with Crippen LogP contribution in [0.1, 0.15) is 53.5 Å². The summed E-state index contributed by atoms with van der Waals surface area (Å²) in [6.07, 6.45) is 10.9. The Morgan fingerprint density at radius 2 is 2.00 bits per heavy atom. The number of hydrogen-bond acceptors (Lipinski definition) is 7. The summed E-state index contributed by atoms with van der Waals surface area (Å²) in [5, 5.41) is 7.22. The number of methoxy groups -OCH3 is 1. The van der Waals surface area contributed by atoms with Crippen molar-refractivity contribution < 1.29 is 13.9 Å². The molecule has 1 amide bonds. The number of benzene rings is 1. The Labute approximate surface area is 217 Å². The Hall–Kier alpha value is -4.67. The second-order valence-electron chi connectivity index (χ2n) is 9.29. The maximum atomic E-state index is 14.5. The number of amides is 1. The number of carbonyl (C=O) groups is 1. The topological polar surface area (TPSA) is 124 Å². The largest absolute Gasteiger partial charge is 0.481 e. The van der Waals surface area contributed by atoms with E-state index in [2.05, 4.69) is 35.3 Å². The van der Waals surface area contributed by atoms with Crippen LogP contribution in [0, 0.1) is 5.82 Å². The van der Waals surface area contributed by atoms with E-state index in [1.807, 2.05) is 12.1 Å². The van der Waals surface area contributed by atoms with Crippen LogP contribution in [0.5, 0.6) is 5.88 Å². The van der Waals surface area contributed by atoms with Gasteiger partial charge in [0.25, 0.3) is 5.91 Å². The molecule has 0 atom stereocenters. The molecule has 0 bridgehead atoms. The third-order valence-corrected chi connectivity index (χ3v) is 6.78. The fraction of sp³-hybridized carbons (Fsp3) is 0.259. The number of nitrogens with zero attached hydrogens (tertiary/aromatic N) is 6. The maximum absolute atomic E-state index is 14.5. The molecule has 4 aromatic heterocycles. The minimum absolute atomic E-state index is 0.120. The van der Waals surface area contributed by atoms with E-state index in [1.165, 1.54) is 31.3 Å². The molecule has 1 aliphatic carbocycles. The molecule has 0 aliphatic heterocycles. The Morgan fingerprint density at radius 1 is 1.13 bits per heavy atom. The fourth-order valence-electron chi connectivity index (χ4n) is 4.84. The standard InChI is InChI=1S/C27H25FN8O2/c1-38-22-7-6-21(13-29-22)36-14-19(12-33-36)18-8-16(9-20(28)10-18)11-30-27(37)24-23-26(32-15-31-24)35-25(34-23)17-4-2-3-5-17/h6-10,12-15,17H,2-5,11H2,1H3,(H,30,37)(H,31,32,34,35). The zero-order valence-corrected chi connectivity index (χ0v) is 20.7. The lowest BCUT2D eigenvalue weighted by atomic mass is 10.1. The first-order valence-corrected chi connectivity index (χ1v) is 12.4. The molecular weight excluding hydrogens is 487 g/mol. The molecule has 1 fully saturated rings. The van der Waals surface area contributed by atoms with E-state index >= 15 is 0 Å². The number of fused-ring (bicyclic) bond motifs is 1. The first kappa shape index (κ1) is 23.7. The van der Waals surface area contributed by atoms with Crippen molar-refractivity contribution in [2.45, 2.75) is 38.1 Å². The van der Waals surface area contributed by atoms with Crippen LogP contribution in [-0.2, 0) is 6.54 Å². The van der Waals surface area contributed by atoms with Gasteiger partial charge in [-0.25, -0.2) is 29.0 Å². The molecule has 0 radical (unpaired) electrons. The van der Waals surface area contributed by atoms with Gasteiger partial charge < -0.3 is 15.0 Å². The van der Waals surface area contributed by atoms with Gasteiger partial charge in [-0.1, -0.05) is 12.8 Å². The van der Waals surface area contributed by atoms with Gasteiger partial charge in [0.05, 0.1) is 25.2 Å². The summed E-state index contributed by atoms with van der Waals surface area (Å²) in [4.78, 5) is 33.5. The lowest BCUT2D eigenvalue weighted by molar-refractivity contribution is 0.0947. The Bertz CT molecular complexity index is 1610. The van der Waals surface area contributed by atoms with Crippen LogP contribution in [0.15, 0.2) is 55.2 Å². The summed E-state index contributed by atoms with van der Waals surface area (Å²) in [5.41, 5.74) is 3.93. The third kappa shape index (κ3) is 4.70. The van der Waals surface area contributed by atoms with Crippen LogP contribution in [0.3, 0.4) is 0 Å². The fourth-order valence-corrected chi connectivity index (χ4v) is 4.84. The third-order valence-electron chi connectivity index (χ3n) is 6.78. The van der Waals surface area contributed by atoms with Gasteiger partial charge >= 0.3 is 0 Å². The van der Waals surface area contributed by atoms with E-state index in [1.54, 1.807) is 36.4 Å². The molecule has 0 unspecified atom stereocenters. The molecule has 11 heteroatoms. The second-order valence-corrected chi connectivity index (χ2v) is 9.29. The van der Waals surface area contributed by atoms with Crippen LogP contribution in [-0.4, -0.2) is 47.7 Å². The van der Waals surface area contributed by atoms with Gasteiger partial charge in [0.1, 0.15) is 23.5 Å². The normalized spacial score (nSPS) is 13.7. The summed E-state index contributed by atoms with van der Waals surface area (Å²) < 4.78 is 21.3. The molecule has 0 saturated heterocycles. The molecule has 192 valence electrons. The van der Waals surface area contributed by atoms with E-state index in [0.717, 1.165) is 29.9 Å². The van der Waals surface area contributed by atoms with Crippen molar-refractivity contribution >= 4 is 17.1 Å². The van der Waals surface area contributed by atoms with Gasteiger partial charge in [0.2, 0.25) is 5.88 Å². The lowest BCUT2D eigenvalue weighted by Gasteiger charge is -2.08. The molecule has 0 spiro atoms. The van der Waals surface area contributed by atoms with E-state index in [9.17, 15) is 9.18 Å². The minimum Gasteiger partial charge on any atom is -0.481 e. The highest BCUT2D eigenvalue weighted by Crippen LogP contribution is 2.33. The van der Waals surface area contributed by atoms with Crippen molar-refractivity contribution in [2.75, 3.05) is 7.11 Å². The Balaban J connectivity index is 1.19. The predicted molar refractivity (Wildman–Crippen MR) is 137 cm³/mol. The number of aromatic nitrogens is 7. The molecular formula is C27H25FN8O2. The van der Waals surface area contributed by atoms with Crippen molar-refractivity contribution in [1.82, 2.24) is 40.0 Å². The summed E-state index contributed by atoms with van der Waals surface area (Å²) in [6, 6.07) is 8.22. The molecule has 1 aromatic carbocycles. The van der Waals surface area contributed by atoms with Crippen molar-refractivity contribution in [1.29, 1.82) is 0 Å². The number of H-pyrrole nitrogens is 1. The number of nitrogens with one attached hydrogen (secondary N) is 2. The van der Waals surface area contributed by atoms with Crippen LogP contribution < -0.4 is 10.1 Å². The van der Waals surface area contributed by atoms with Crippen molar-refractivity contribution in [3.05, 3.63) is 78.1 Å². The van der Waals surface area contributed by atoms with Crippen LogP contribution in [0.4, 0.5) is 4.39 Å². The van der Waals surface area contributed by atoms with Gasteiger partial charge in [-0.3, -0.25) is 4.79 Å². The van der Waals surface area contributed by atoms with Crippen molar-refractivity contribution in [2.24, 2.45) is 0 Å². The molecule has 1 saturated carbocycles. The lowest BCUT2D eigenvalue weighted by Crippen LogP contribution is -2.24. The number of carbonyl (C=O) groups excluding carboxylic acids is 1. The maximum Gasteiger partial charge on any atom is 0.272 e. The first-order valence-electron chi connectivity index (χ1n) is 12.4. The number of rotatable bonds is 7. The molecule has 10 nitrogen and oxygen atoms in total. The summed E-state index contributed by atoms with van der Waals surface area (Å²) in [6.45, 7) is 0.120. The SMILES string of the molecule is COc1ccc(-n2cc(-c3cc(F)cc(CNC(=O)c4ncnc5nc(C6CCCC6)[nH]c45)c3)cn2)cn1. The second kappa shape index (κ2) is 10.0. The number of halogens is 1. The number of imidazole rings is 1. The number of pyridine rings is 1. The van der Waals surface area contributed by atoms with Gasteiger partial charge in [0.15, 0.2) is 11.3 Å². The quantitative estimate of drug-likeness (QED) is 0.333.